The molecule has 0 aliphatic rings. The average molecular weight is 544 g/mol. The summed E-state index contributed by atoms with van der Waals surface area (Å²) in [4.78, 5) is 50.8. The molecule has 9 heteroatoms. The lowest BCUT2D eigenvalue weighted by Crippen LogP contribution is -2.34. The molecule has 0 aliphatic carbocycles. The molecule has 3 aromatic carbocycles. The van der Waals surface area contributed by atoms with Crippen LogP contribution in [0, 0.1) is 0 Å². The van der Waals surface area contributed by atoms with Gasteiger partial charge in [0.05, 0.1) is 13.3 Å². The van der Waals surface area contributed by atoms with Gasteiger partial charge in [-0.05, 0) is 60.5 Å². The second kappa shape index (κ2) is 11.8. The van der Waals surface area contributed by atoms with Crippen LogP contribution in [0.15, 0.2) is 89.9 Å². The molecular weight excluding hydrogens is 518 g/mol. The van der Waals surface area contributed by atoms with Crippen LogP contribution in [0.25, 0.3) is 11.1 Å². The first-order chi connectivity index (χ1) is 18.7. The highest BCUT2D eigenvalue weighted by molar-refractivity contribution is 6.31. The number of benzene rings is 3. The van der Waals surface area contributed by atoms with Crippen LogP contribution in [0.3, 0.4) is 0 Å². The summed E-state index contributed by atoms with van der Waals surface area (Å²) in [6.07, 6.45) is 1.68. The van der Waals surface area contributed by atoms with Gasteiger partial charge in [-0.25, -0.2) is 0 Å². The van der Waals surface area contributed by atoms with E-state index in [-0.39, 0.29) is 18.0 Å². The normalized spacial score (nSPS) is 11.5. The van der Waals surface area contributed by atoms with E-state index in [0.29, 0.717) is 33.0 Å². The minimum Gasteiger partial charge on any atom is -0.495 e. The summed E-state index contributed by atoms with van der Waals surface area (Å²) >= 11 is 6.21. The van der Waals surface area contributed by atoms with Crippen molar-refractivity contribution in [2.24, 2.45) is 5.73 Å². The Labute approximate surface area is 230 Å². The van der Waals surface area contributed by atoms with Crippen LogP contribution >= 0.6 is 11.6 Å². The average Bonchev–Trinajstić information content (AvgIpc) is 2.92. The SMILES string of the molecule is COc1cn(C(Cc2ccccc2)C(=O)Nc2ccc(C(N)=O)cc2)c(=O)cc1-c1cc(Cl)ccc1C(C)=O. The van der Waals surface area contributed by atoms with Crippen LogP contribution in [0.5, 0.6) is 5.75 Å². The van der Waals surface area contributed by atoms with E-state index in [1.807, 2.05) is 30.3 Å². The number of rotatable bonds is 9. The number of carbonyl (C=O) groups excluding carboxylic acids is 3. The van der Waals surface area contributed by atoms with Gasteiger partial charge in [-0.2, -0.15) is 0 Å². The number of ketones is 1. The van der Waals surface area contributed by atoms with Crippen molar-refractivity contribution in [3.05, 3.63) is 117 Å². The number of hydrogen-bond donors (Lipinski definition) is 2. The number of primary amides is 1. The Bertz CT molecular complexity index is 1600. The molecule has 39 heavy (non-hydrogen) atoms. The van der Waals surface area contributed by atoms with Crippen molar-refractivity contribution in [1.29, 1.82) is 0 Å². The van der Waals surface area contributed by atoms with Gasteiger partial charge in [-0.15, -0.1) is 0 Å². The molecule has 3 N–H and O–H groups in total. The fourth-order valence-corrected chi connectivity index (χ4v) is 4.46. The van der Waals surface area contributed by atoms with E-state index in [4.69, 9.17) is 22.1 Å². The van der Waals surface area contributed by atoms with Gasteiger partial charge in [-0.3, -0.25) is 23.7 Å². The molecule has 1 atom stereocenters. The zero-order valence-corrected chi connectivity index (χ0v) is 22.1. The molecule has 8 nitrogen and oxygen atoms in total. The van der Waals surface area contributed by atoms with E-state index in [2.05, 4.69) is 5.32 Å². The van der Waals surface area contributed by atoms with E-state index in [0.717, 1.165) is 5.56 Å². The highest BCUT2D eigenvalue weighted by Gasteiger charge is 2.25. The lowest BCUT2D eigenvalue weighted by atomic mass is 9.97. The standard InChI is InChI=1S/C30H26ClN3O5/c1-18(35)23-13-10-21(31)15-24(23)25-16-28(36)34(17-27(25)39-2)26(14-19-6-4-3-5-7-19)30(38)33-22-11-8-20(9-12-22)29(32)37/h3-13,15-17,26H,14H2,1-2H3,(H2,32,37)(H,33,38). The number of aromatic nitrogens is 1. The number of nitrogens with zero attached hydrogens (tertiary/aromatic N) is 1. The van der Waals surface area contributed by atoms with Crippen molar-refractivity contribution in [1.82, 2.24) is 4.57 Å². The van der Waals surface area contributed by atoms with E-state index in [1.165, 1.54) is 43.0 Å². The topological polar surface area (TPSA) is 120 Å². The van der Waals surface area contributed by atoms with Crippen molar-refractivity contribution in [3.63, 3.8) is 0 Å². The number of hydrogen-bond acceptors (Lipinski definition) is 5. The Morgan fingerprint density at radius 1 is 0.974 bits per heavy atom. The molecule has 1 heterocycles. The number of anilines is 1. The summed E-state index contributed by atoms with van der Waals surface area (Å²) < 4.78 is 6.92. The highest BCUT2D eigenvalue weighted by Crippen LogP contribution is 2.34. The fourth-order valence-electron chi connectivity index (χ4n) is 4.29. The zero-order chi connectivity index (χ0) is 28.1. The Balaban J connectivity index is 1.79. The minimum atomic E-state index is -0.953. The quantitative estimate of drug-likeness (QED) is 0.291. The predicted molar refractivity (Wildman–Crippen MR) is 150 cm³/mol. The van der Waals surface area contributed by atoms with E-state index < -0.39 is 23.4 Å². The van der Waals surface area contributed by atoms with Crippen LogP contribution in [0.4, 0.5) is 5.69 Å². The smallest absolute Gasteiger partial charge is 0.252 e. The van der Waals surface area contributed by atoms with Crippen molar-refractivity contribution in [2.45, 2.75) is 19.4 Å². The molecular formula is C30H26ClN3O5. The summed E-state index contributed by atoms with van der Waals surface area (Å²) in [5, 5.41) is 3.21. The third-order valence-corrected chi connectivity index (χ3v) is 6.50. The van der Waals surface area contributed by atoms with Gasteiger partial charge in [0.2, 0.25) is 11.8 Å². The molecule has 4 rings (SSSR count). The maximum Gasteiger partial charge on any atom is 0.252 e. The van der Waals surface area contributed by atoms with Gasteiger partial charge in [0.1, 0.15) is 11.8 Å². The molecule has 2 amide bonds. The van der Waals surface area contributed by atoms with E-state index >= 15 is 0 Å². The van der Waals surface area contributed by atoms with Crippen LogP contribution < -0.4 is 21.3 Å². The summed E-state index contributed by atoms with van der Waals surface area (Å²) in [5.41, 5.74) is 7.63. The van der Waals surface area contributed by atoms with Crippen LogP contribution in [-0.4, -0.2) is 29.3 Å². The lowest BCUT2D eigenvalue weighted by Gasteiger charge is -2.22. The van der Waals surface area contributed by atoms with Gasteiger partial charge in [0.25, 0.3) is 5.56 Å². The second-order valence-corrected chi connectivity index (χ2v) is 9.32. The lowest BCUT2D eigenvalue weighted by molar-refractivity contribution is -0.119. The molecule has 198 valence electrons. The number of Topliss-reactive ketones (excluding diaryl/α,β-unsaturated/α-hetero) is 1. The first-order valence-corrected chi connectivity index (χ1v) is 12.4. The monoisotopic (exact) mass is 543 g/mol. The summed E-state index contributed by atoms with van der Waals surface area (Å²) in [7, 11) is 1.44. The third kappa shape index (κ3) is 6.25. The van der Waals surface area contributed by atoms with Gasteiger partial charge < -0.3 is 15.8 Å². The summed E-state index contributed by atoms with van der Waals surface area (Å²) in [5.74, 6) is -0.941. The number of nitrogens with one attached hydrogen (secondary N) is 1. The first kappa shape index (κ1) is 27.3. The molecule has 0 spiro atoms. The van der Waals surface area contributed by atoms with Gasteiger partial charge in [0, 0.05) is 39.9 Å². The van der Waals surface area contributed by atoms with Gasteiger partial charge in [-0.1, -0.05) is 41.9 Å². The second-order valence-electron chi connectivity index (χ2n) is 8.88. The number of ether oxygens (including phenoxy) is 1. The minimum absolute atomic E-state index is 0.198. The number of nitrogens with two attached hydrogens (primary N) is 1. The molecule has 0 radical (unpaired) electrons. The number of methoxy groups -OCH3 is 1. The molecule has 1 unspecified atom stereocenters. The van der Waals surface area contributed by atoms with Crippen molar-refractivity contribution in [2.75, 3.05) is 12.4 Å². The van der Waals surface area contributed by atoms with Crippen molar-refractivity contribution < 1.29 is 19.1 Å². The Hall–Kier alpha value is -4.69. The highest BCUT2D eigenvalue weighted by atomic mass is 35.5. The van der Waals surface area contributed by atoms with E-state index in [9.17, 15) is 19.2 Å². The molecule has 0 fully saturated rings. The molecule has 0 saturated heterocycles. The number of amides is 2. The third-order valence-electron chi connectivity index (χ3n) is 6.26. The van der Waals surface area contributed by atoms with Gasteiger partial charge >= 0.3 is 0 Å². The van der Waals surface area contributed by atoms with Crippen LogP contribution in [0.2, 0.25) is 5.02 Å². The Kier molecular flexibility index (Phi) is 8.27. The maximum atomic E-state index is 13.6. The van der Waals surface area contributed by atoms with E-state index in [1.54, 1.807) is 30.3 Å². The number of carbonyl (C=O) groups is 3. The fraction of sp³-hybridized carbons (Fsp3) is 0.133. The first-order valence-electron chi connectivity index (χ1n) is 12.0. The number of halogens is 1. The molecule has 4 aromatic rings. The zero-order valence-electron chi connectivity index (χ0n) is 21.3. The van der Waals surface area contributed by atoms with Crippen molar-refractivity contribution in [3.8, 4) is 16.9 Å². The Morgan fingerprint density at radius 3 is 2.28 bits per heavy atom. The molecule has 1 aromatic heterocycles. The van der Waals surface area contributed by atoms with Crippen molar-refractivity contribution >= 4 is 34.9 Å². The molecule has 0 saturated carbocycles. The Morgan fingerprint density at radius 2 is 1.67 bits per heavy atom. The largest absolute Gasteiger partial charge is 0.495 e. The van der Waals surface area contributed by atoms with Gasteiger partial charge in [0.15, 0.2) is 5.78 Å². The summed E-state index contributed by atoms with van der Waals surface area (Å²) in [6, 6.07) is 20.6. The predicted octanol–water partition coefficient (Wildman–Crippen LogP) is 4.90. The summed E-state index contributed by atoms with van der Waals surface area (Å²) in [6.45, 7) is 1.43. The number of pyridine rings is 1. The van der Waals surface area contributed by atoms with Crippen LogP contribution in [-0.2, 0) is 11.2 Å². The maximum absolute atomic E-state index is 13.6. The molecule has 0 bridgehead atoms. The molecule has 0 aliphatic heterocycles. The van der Waals surface area contributed by atoms with Crippen LogP contribution in [0.1, 0.15) is 39.2 Å².